The molecule has 3 heteroatoms. The number of rotatable bonds is 5. The Kier molecular flexibility index (Phi) is 3.72. The van der Waals surface area contributed by atoms with E-state index in [1.54, 1.807) is 0 Å². The number of hydrogen-bond acceptors (Lipinski definition) is 2. The van der Waals surface area contributed by atoms with Crippen LogP contribution in [-0.2, 0) is 4.79 Å². The van der Waals surface area contributed by atoms with E-state index in [4.69, 9.17) is 4.74 Å². The summed E-state index contributed by atoms with van der Waals surface area (Å²) in [5.74, 6) is 2.84. The second-order valence-electron chi connectivity index (χ2n) is 5.73. The topological polar surface area (TPSA) is 38.3 Å². The molecule has 1 amide bonds. The number of nitrogens with one attached hydrogen (secondary N) is 1. The van der Waals surface area contributed by atoms with Crippen molar-refractivity contribution in [2.75, 3.05) is 13.2 Å². The highest BCUT2D eigenvalue weighted by Gasteiger charge is 2.42. The van der Waals surface area contributed by atoms with Gasteiger partial charge in [-0.25, -0.2) is 0 Å². The van der Waals surface area contributed by atoms with E-state index < -0.39 is 0 Å². The van der Waals surface area contributed by atoms with Gasteiger partial charge in [-0.1, -0.05) is 24.6 Å². The van der Waals surface area contributed by atoms with E-state index in [9.17, 15) is 4.79 Å². The van der Waals surface area contributed by atoms with Gasteiger partial charge in [0.1, 0.15) is 12.4 Å². The summed E-state index contributed by atoms with van der Waals surface area (Å²) in [6, 6.07) is 9.71. The zero-order chi connectivity index (χ0) is 13.1. The van der Waals surface area contributed by atoms with E-state index in [1.807, 2.05) is 30.3 Å². The molecule has 2 aliphatic carbocycles. The molecule has 2 saturated carbocycles. The summed E-state index contributed by atoms with van der Waals surface area (Å²) in [5.41, 5.74) is 0. The van der Waals surface area contributed by atoms with Crippen LogP contribution in [0.2, 0.25) is 0 Å². The lowest BCUT2D eigenvalue weighted by atomic mass is 9.88. The molecule has 0 heterocycles. The molecule has 3 rings (SSSR count). The lowest BCUT2D eigenvalue weighted by molar-refractivity contribution is -0.126. The van der Waals surface area contributed by atoms with Gasteiger partial charge in [0.2, 0.25) is 5.91 Å². The monoisotopic (exact) mass is 259 g/mol. The molecule has 3 atom stereocenters. The lowest BCUT2D eigenvalue weighted by Gasteiger charge is -2.20. The maximum Gasteiger partial charge on any atom is 0.223 e. The van der Waals surface area contributed by atoms with Crippen molar-refractivity contribution in [3.8, 4) is 5.75 Å². The average molecular weight is 259 g/mol. The van der Waals surface area contributed by atoms with Gasteiger partial charge in [0.15, 0.2) is 0 Å². The number of amides is 1. The smallest absolute Gasteiger partial charge is 0.223 e. The highest BCUT2D eigenvalue weighted by molar-refractivity contribution is 5.79. The van der Waals surface area contributed by atoms with Crippen molar-refractivity contribution >= 4 is 5.91 Å². The Morgan fingerprint density at radius 3 is 2.74 bits per heavy atom. The number of benzene rings is 1. The Hall–Kier alpha value is -1.51. The zero-order valence-electron chi connectivity index (χ0n) is 11.2. The van der Waals surface area contributed by atoms with Gasteiger partial charge in [0.25, 0.3) is 0 Å². The van der Waals surface area contributed by atoms with Crippen LogP contribution < -0.4 is 10.1 Å². The lowest BCUT2D eigenvalue weighted by Crippen LogP contribution is -2.36. The van der Waals surface area contributed by atoms with Crippen LogP contribution in [-0.4, -0.2) is 19.1 Å². The predicted octanol–water partition coefficient (Wildman–Crippen LogP) is 2.62. The maximum absolute atomic E-state index is 12.1. The molecular weight excluding hydrogens is 238 g/mol. The summed E-state index contributed by atoms with van der Waals surface area (Å²) in [4.78, 5) is 12.1. The van der Waals surface area contributed by atoms with Gasteiger partial charge in [0, 0.05) is 5.92 Å². The molecular formula is C16H21NO2. The highest BCUT2D eigenvalue weighted by atomic mass is 16.5. The molecule has 0 saturated heterocycles. The first-order valence-corrected chi connectivity index (χ1v) is 7.28. The Morgan fingerprint density at radius 2 is 2.05 bits per heavy atom. The molecule has 1 aromatic carbocycles. The van der Waals surface area contributed by atoms with Crippen molar-refractivity contribution in [3.05, 3.63) is 30.3 Å². The first-order valence-electron chi connectivity index (χ1n) is 7.28. The average Bonchev–Trinajstić information content (AvgIpc) is 3.07. The largest absolute Gasteiger partial charge is 0.492 e. The van der Waals surface area contributed by atoms with E-state index in [0.29, 0.717) is 19.1 Å². The molecule has 3 unspecified atom stereocenters. The summed E-state index contributed by atoms with van der Waals surface area (Å²) >= 11 is 0. The van der Waals surface area contributed by atoms with Crippen molar-refractivity contribution in [1.82, 2.24) is 5.32 Å². The third-order valence-corrected chi connectivity index (χ3v) is 4.49. The fourth-order valence-electron chi connectivity index (χ4n) is 3.56. The first kappa shape index (κ1) is 12.5. The van der Waals surface area contributed by atoms with Crippen LogP contribution in [0.5, 0.6) is 5.75 Å². The summed E-state index contributed by atoms with van der Waals surface area (Å²) < 4.78 is 5.57. The molecule has 0 aliphatic heterocycles. The molecule has 0 spiro atoms. The van der Waals surface area contributed by atoms with E-state index in [1.165, 1.54) is 19.3 Å². The first-order chi connectivity index (χ1) is 9.33. The molecule has 1 N–H and O–H groups in total. The number of hydrogen-bond donors (Lipinski definition) is 1. The Bertz CT molecular complexity index is 432. The molecule has 2 aliphatic rings. The highest BCUT2D eigenvalue weighted by Crippen LogP contribution is 2.48. The number of carbonyl (C=O) groups excluding carboxylic acids is 1. The van der Waals surface area contributed by atoms with Crippen molar-refractivity contribution in [2.45, 2.75) is 25.7 Å². The van der Waals surface area contributed by atoms with Gasteiger partial charge in [-0.2, -0.15) is 0 Å². The minimum atomic E-state index is 0.240. The maximum atomic E-state index is 12.1. The molecule has 0 aromatic heterocycles. The number of carbonyl (C=O) groups is 1. The van der Waals surface area contributed by atoms with Gasteiger partial charge < -0.3 is 10.1 Å². The minimum Gasteiger partial charge on any atom is -0.492 e. The zero-order valence-corrected chi connectivity index (χ0v) is 11.2. The van der Waals surface area contributed by atoms with E-state index in [-0.39, 0.29) is 11.8 Å². The van der Waals surface area contributed by atoms with Crippen LogP contribution in [0.15, 0.2) is 30.3 Å². The Labute approximate surface area is 114 Å². The van der Waals surface area contributed by atoms with E-state index in [2.05, 4.69) is 5.32 Å². The molecule has 102 valence electrons. The normalized spacial score (nSPS) is 28.3. The Morgan fingerprint density at radius 1 is 1.21 bits per heavy atom. The van der Waals surface area contributed by atoms with Gasteiger partial charge in [-0.05, 0) is 43.2 Å². The van der Waals surface area contributed by atoms with Crippen LogP contribution >= 0.6 is 0 Å². The fourth-order valence-corrected chi connectivity index (χ4v) is 3.56. The summed E-state index contributed by atoms with van der Waals surface area (Å²) in [7, 11) is 0. The predicted molar refractivity (Wildman–Crippen MR) is 73.9 cm³/mol. The van der Waals surface area contributed by atoms with Crippen LogP contribution in [0.3, 0.4) is 0 Å². The molecule has 2 bridgehead atoms. The van der Waals surface area contributed by atoms with Gasteiger partial charge in [-0.3, -0.25) is 4.79 Å². The third-order valence-electron chi connectivity index (χ3n) is 4.49. The molecule has 19 heavy (non-hydrogen) atoms. The van der Waals surface area contributed by atoms with Crippen LogP contribution in [0, 0.1) is 17.8 Å². The molecule has 3 nitrogen and oxygen atoms in total. The van der Waals surface area contributed by atoms with Gasteiger partial charge >= 0.3 is 0 Å². The summed E-state index contributed by atoms with van der Waals surface area (Å²) in [5, 5.41) is 3.02. The van der Waals surface area contributed by atoms with Crippen LogP contribution in [0.4, 0.5) is 0 Å². The van der Waals surface area contributed by atoms with Crippen LogP contribution in [0.25, 0.3) is 0 Å². The van der Waals surface area contributed by atoms with Crippen molar-refractivity contribution in [2.24, 2.45) is 17.8 Å². The van der Waals surface area contributed by atoms with E-state index >= 15 is 0 Å². The third kappa shape index (κ3) is 2.91. The molecule has 1 aromatic rings. The quantitative estimate of drug-likeness (QED) is 0.825. The fraction of sp³-hybridized carbons (Fsp3) is 0.562. The number of para-hydroxylation sites is 1. The Balaban J connectivity index is 1.37. The van der Waals surface area contributed by atoms with Crippen molar-refractivity contribution in [3.63, 3.8) is 0 Å². The van der Waals surface area contributed by atoms with Crippen LogP contribution in [0.1, 0.15) is 25.7 Å². The molecule has 0 radical (unpaired) electrons. The van der Waals surface area contributed by atoms with Gasteiger partial charge in [-0.15, -0.1) is 0 Å². The second kappa shape index (κ2) is 5.64. The SMILES string of the molecule is O=C(NCCOc1ccccc1)C1CC2CCC1C2. The summed E-state index contributed by atoms with van der Waals surface area (Å²) in [6.07, 6.45) is 4.98. The molecule has 2 fully saturated rings. The summed E-state index contributed by atoms with van der Waals surface area (Å²) in [6.45, 7) is 1.14. The standard InChI is InChI=1S/C16H21NO2/c18-16(15-11-12-6-7-13(15)10-12)17-8-9-19-14-4-2-1-3-5-14/h1-5,12-13,15H,6-11H2,(H,17,18). The van der Waals surface area contributed by atoms with Crippen molar-refractivity contribution < 1.29 is 9.53 Å². The number of fused-ring (bicyclic) bond motifs is 2. The minimum absolute atomic E-state index is 0.240. The van der Waals surface area contributed by atoms with Gasteiger partial charge in [0.05, 0.1) is 6.54 Å². The second-order valence-corrected chi connectivity index (χ2v) is 5.73. The number of ether oxygens (including phenoxy) is 1. The van der Waals surface area contributed by atoms with E-state index in [0.717, 1.165) is 18.1 Å². The van der Waals surface area contributed by atoms with Crippen molar-refractivity contribution in [1.29, 1.82) is 0 Å².